The molecule has 2 heterocycles. The lowest BCUT2D eigenvalue weighted by Gasteiger charge is -2.08. The van der Waals surface area contributed by atoms with E-state index in [-0.39, 0.29) is 12.3 Å². The summed E-state index contributed by atoms with van der Waals surface area (Å²) in [7, 11) is -3.69. The molecule has 0 aliphatic carbocycles. The second-order valence-electron chi connectivity index (χ2n) is 5.22. The van der Waals surface area contributed by atoms with Crippen LogP contribution in [0.15, 0.2) is 24.0 Å². The first-order valence-electron chi connectivity index (χ1n) is 7.45. The van der Waals surface area contributed by atoms with E-state index in [2.05, 4.69) is 19.2 Å². The Hall–Kier alpha value is -2.72. The minimum Gasteiger partial charge on any atom is -0.542 e. The average molecular weight is 457 g/mol. The SMILES string of the molecule is CC(NS(=O)(=O)CC[n+]1ccc(-c2ncsn2)cn1)C(=O)O.O=C([O-])C(F)(F)F. The highest BCUT2D eigenvalue weighted by Gasteiger charge is 2.28. The molecule has 2 aromatic heterocycles. The third-order valence-electron chi connectivity index (χ3n) is 2.94. The van der Waals surface area contributed by atoms with Crippen molar-refractivity contribution in [2.45, 2.75) is 25.7 Å². The van der Waals surface area contributed by atoms with Gasteiger partial charge in [0.25, 0.3) is 0 Å². The predicted octanol–water partition coefficient (Wildman–Crippen LogP) is -1.42. The fourth-order valence-corrected chi connectivity index (χ4v) is 3.17. The van der Waals surface area contributed by atoms with Gasteiger partial charge in [-0.25, -0.2) is 18.1 Å². The molecule has 2 N–H and O–H groups in total. The first-order valence-corrected chi connectivity index (χ1v) is 9.94. The molecular formula is C13H14F3N5O6S2. The maximum atomic E-state index is 11.7. The summed E-state index contributed by atoms with van der Waals surface area (Å²) in [5.74, 6) is -3.94. The van der Waals surface area contributed by atoms with Gasteiger partial charge in [-0.3, -0.25) is 4.79 Å². The standard InChI is InChI=1S/C11H13N5O4S2.C2HF3O2/c1-8(11(17)18)15-22(19,20)5-4-16-3-2-9(6-13-16)10-12-7-21-14-10;3-2(4,5)1(6)7/h2-3,6-8,15H,4-5H2,1H3;(H,6,7). The lowest BCUT2D eigenvalue weighted by molar-refractivity contribution is -0.749. The Balaban J connectivity index is 0.000000516. The fourth-order valence-electron chi connectivity index (χ4n) is 1.54. The molecule has 1 unspecified atom stereocenters. The first kappa shape index (κ1) is 24.3. The van der Waals surface area contributed by atoms with Crippen molar-refractivity contribution in [1.29, 1.82) is 0 Å². The average Bonchev–Trinajstić information content (AvgIpc) is 3.14. The fraction of sp³-hybridized carbons (Fsp3) is 0.385. The van der Waals surface area contributed by atoms with Gasteiger partial charge >= 0.3 is 12.1 Å². The summed E-state index contributed by atoms with van der Waals surface area (Å²) >= 11 is 1.23. The molecule has 29 heavy (non-hydrogen) atoms. The third kappa shape index (κ3) is 8.88. The number of aromatic nitrogens is 4. The Morgan fingerprint density at radius 1 is 1.41 bits per heavy atom. The van der Waals surface area contributed by atoms with Gasteiger partial charge in [0.1, 0.15) is 29.5 Å². The number of sulfonamides is 1. The summed E-state index contributed by atoms with van der Waals surface area (Å²) in [6.07, 6.45) is -2.03. The monoisotopic (exact) mass is 457 g/mol. The van der Waals surface area contributed by atoms with E-state index in [1.54, 1.807) is 24.0 Å². The molecule has 0 spiro atoms. The van der Waals surface area contributed by atoms with Crippen molar-refractivity contribution in [1.82, 2.24) is 19.2 Å². The summed E-state index contributed by atoms with van der Waals surface area (Å²) in [5.41, 5.74) is 2.34. The van der Waals surface area contributed by atoms with Crippen molar-refractivity contribution in [2.75, 3.05) is 5.75 Å². The van der Waals surface area contributed by atoms with Gasteiger partial charge in [-0.15, -0.1) is 0 Å². The number of aryl methyl sites for hydroxylation is 1. The van der Waals surface area contributed by atoms with Crippen molar-refractivity contribution in [3.05, 3.63) is 24.0 Å². The zero-order valence-corrected chi connectivity index (χ0v) is 16.2. The molecule has 160 valence electrons. The highest BCUT2D eigenvalue weighted by molar-refractivity contribution is 7.89. The van der Waals surface area contributed by atoms with Crippen LogP contribution in [0.5, 0.6) is 0 Å². The van der Waals surface area contributed by atoms with Gasteiger partial charge in [0.15, 0.2) is 18.6 Å². The summed E-state index contributed by atoms with van der Waals surface area (Å²) in [4.78, 5) is 23.5. The molecule has 2 rings (SSSR count). The van der Waals surface area contributed by atoms with E-state index in [0.29, 0.717) is 5.82 Å². The molecule has 0 aliphatic heterocycles. The second kappa shape index (κ2) is 10.2. The van der Waals surface area contributed by atoms with E-state index in [9.17, 15) is 26.4 Å². The van der Waals surface area contributed by atoms with E-state index >= 15 is 0 Å². The molecule has 2 aromatic rings. The number of hydrogen-bond acceptors (Lipinski definition) is 9. The molecule has 0 aromatic carbocycles. The first-order chi connectivity index (χ1) is 13.3. The van der Waals surface area contributed by atoms with E-state index in [1.165, 1.54) is 23.1 Å². The lowest BCUT2D eigenvalue weighted by atomic mass is 10.3. The summed E-state index contributed by atoms with van der Waals surface area (Å²) in [6, 6.07) is 0.565. The van der Waals surface area contributed by atoms with Crippen LogP contribution in [-0.2, 0) is 26.2 Å². The molecule has 1 atom stereocenters. The van der Waals surface area contributed by atoms with Crippen LogP contribution < -0.4 is 14.5 Å². The smallest absolute Gasteiger partial charge is 0.430 e. The van der Waals surface area contributed by atoms with Crippen LogP contribution in [0.25, 0.3) is 11.4 Å². The number of nitrogens with one attached hydrogen (secondary N) is 1. The van der Waals surface area contributed by atoms with Gasteiger partial charge < -0.3 is 15.0 Å². The normalized spacial score (nSPS) is 12.6. The Labute approximate surface area is 166 Å². The minimum absolute atomic E-state index is 0.104. The zero-order chi connectivity index (χ0) is 22.2. The molecule has 0 aliphatic rings. The molecule has 0 amide bonds. The topological polar surface area (TPSA) is 166 Å². The maximum Gasteiger partial charge on any atom is 0.430 e. The van der Waals surface area contributed by atoms with Crippen LogP contribution in [-0.4, -0.2) is 57.9 Å². The summed E-state index contributed by atoms with van der Waals surface area (Å²) < 4.78 is 62.6. The number of carbonyl (C=O) groups excluding carboxylic acids is 1. The molecular weight excluding hydrogens is 443 g/mol. The largest absolute Gasteiger partial charge is 0.542 e. The Kier molecular flexibility index (Phi) is 8.53. The van der Waals surface area contributed by atoms with Crippen molar-refractivity contribution < 1.29 is 46.1 Å². The van der Waals surface area contributed by atoms with E-state index in [0.717, 1.165) is 5.56 Å². The van der Waals surface area contributed by atoms with Gasteiger partial charge in [0.05, 0.1) is 5.56 Å². The third-order valence-corrected chi connectivity index (χ3v) is 4.85. The number of alkyl halides is 3. The van der Waals surface area contributed by atoms with Gasteiger partial charge in [0.2, 0.25) is 10.0 Å². The molecule has 0 bridgehead atoms. The number of carboxylic acids is 2. The van der Waals surface area contributed by atoms with Gasteiger partial charge in [-0.2, -0.15) is 17.5 Å². The van der Waals surface area contributed by atoms with Crippen molar-refractivity contribution in [2.24, 2.45) is 0 Å². The van der Waals surface area contributed by atoms with Crippen molar-refractivity contribution >= 4 is 33.5 Å². The summed E-state index contributed by atoms with van der Waals surface area (Å²) in [6.45, 7) is 1.37. The lowest BCUT2D eigenvalue weighted by Crippen LogP contribution is -2.45. The van der Waals surface area contributed by atoms with Crippen molar-refractivity contribution in [3.63, 3.8) is 0 Å². The van der Waals surface area contributed by atoms with Crippen LogP contribution in [0.4, 0.5) is 13.2 Å². The molecule has 0 saturated carbocycles. The van der Waals surface area contributed by atoms with Gasteiger partial charge in [0, 0.05) is 6.07 Å². The quantitative estimate of drug-likeness (QED) is 0.474. The van der Waals surface area contributed by atoms with E-state index < -0.39 is 34.2 Å². The Bertz CT molecular complexity index is 919. The molecule has 11 nitrogen and oxygen atoms in total. The maximum absolute atomic E-state index is 11.7. The zero-order valence-electron chi connectivity index (χ0n) is 14.5. The van der Waals surface area contributed by atoms with Crippen LogP contribution in [0.1, 0.15) is 6.92 Å². The second-order valence-corrected chi connectivity index (χ2v) is 7.69. The highest BCUT2D eigenvalue weighted by atomic mass is 32.2. The number of hydrogen-bond donors (Lipinski definition) is 2. The number of halogens is 3. The number of nitrogens with zero attached hydrogens (tertiary/aromatic N) is 4. The number of aliphatic carboxylic acids is 2. The van der Waals surface area contributed by atoms with Crippen LogP contribution >= 0.6 is 11.5 Å². The van der Waals surface area contributed by atoms with Gasteiger partial charge in [-0.1, -0.05) is 4.68 Å². The van der Waals surface area contributed by atoms with Crippen LogP contribution in [0, 0.1) is 0 Å². The molecule has 16 heteroatoms. The molecule has 0 fully saturated rings. The Morgan fingerprint density at radius 2 is 2.03 bits per heavy atom. The van der Waals surface area contributed by atoms with E-state index in [4.69, 9.17) is 15.0 Å². The Morgan fingerprint density at radius 3 is 2.45 bits per heavy atom. The molecule has 0 radical (unpaired) electrons. The molecule has 0 saturated heterocycles. The van der Waals surface area contributed by atoms with Crippen LogP contribution in [0.3, 0.4) is 0 Å². The number of carboxylic acid groups (broad SMARTS) is 2. The number of carbonyl (C=O) groups is 2. The highest BCUT2D eigenvalue weighted by Crippen LogP contribution is 2.12. The minimum atomic E-state index is -5.19. The van der Waals surface area contributed by atoms with Crippen molar-refractivity contribution in [3.8, 4) is 11.4 Å². The van der Waals surface area contributed by atoms with E-state index in [1.807, 2.05) is 0 Å². The number of rotatable bonds is 7. The van der Waals surface area contributed by atoms with Crippen LogP contribution in [0.2, 0.25) is 0 Å². The summed E-state index contributed by atoms with van der Waals surface area (Å²) in [5, 5.41) is 21.6. The predicted molar refractivity (Wildman–Crippen MR) is 88.4 cm³/mol. The van der Waals surface area contributed by atoms with Gasteiger partial charge in [-0.05, 0) is 23.6 Å².